The Hall–Kier alpha value is -1.85. The van der Waals surface area contributed by atoms with Gasteiger partial charge in [-0.3, -0.25) is 4.79 Å². The van der Waals surface area contributed by atoms with Crippen LogP contribution in [0.15, 0.2) is 12.4 Å². The number of nitrogen functional groups attached to an aromatic ring is 1. The molecule has 0 spiro atoms. The third kappa shape index (κ3) is 3.05. The summed E-state index contributed by atoms with van der Waals surface area (Å²) in [5, 5.41) is 2.94. The molecule has 1 aliphatic heterocycles. The zero-order valence-corrected chi connectivity index (χ0v) is 9.89. The van der Waals surface area contributed by atoms with Gasteiger partial charge in [-0.05, 0) is 12.8 Å². The molecule has 0 bridgehead atoms. The van der Waals surface area contributed by atoms with Gasteiger partial charge in [0.2, 0.25) is 11.9 Å². The van der Waals surface area contributed by atoms with Crippen molar-refractivity contribution in [1.29, 1.82) is 0 Å². The van der Waals surface area contributed by atoms with Crippen molar-refractivity contribution in [2.45, 2.75) is 25.8 Å². The summed E-state index contributed by atoms with van der Waals surface area (Å²) < 4.78 is 0. The molecule has 1 amide bonds. The van der Waals surface area contributed by atoms with E-state index in [0.717, 1.165) is 25.9 Å². The first-order valence-corrected chi connectivity index (χ1v) is 5.74. The van der Waals surface area contributed by atoms with Gasteiger partial charge in [0.1, 0.15) is 0 Å². The minimum atomic E-state index is 0.0344. The Bertz CT molecular complexity index is 383. The first kappa shape index (κ1) is 11.6. The topological polar surface area (TPSA) is 84.1 Å². The molecule has 0 saturated carbocycles. The normalized spacial score (nSPS) is 16.9. The number of nitrogens with one attached hydrogen (secondary N) is 1. The van der Waals surface area contributed by atoms with Crippen LogP contribution in [0, 0.1) is 0 Å². The van der Waals surface area contributed by atoms with Crippen LogP contribution >= 0.6 is 0 Å². The van der Waals surface area contributed by atoms with E-state index in [1.165, 1.54) is 0 Å². The Morgan fingerprint density at radius 2 is 2.00 bits per heavy atom. The van der Waals surface area contributed by atoms with Crippen LogP contribution in [0.25, 0.3) is 0 Å². The summed E-state index contributed by atoms with van der Waals surface area (Å²) in [6, 6.07) is 0.275. The summed E-state index contributed by atoms with van der Waals surface area (Å²) in [7, 11) is 0. The number of amides is 1. The third-order valence-corrected chi connectivity index (χ3v) is 2.84. The van der Waals surface area contributed by atoms with Crippen LogP contribution in [0.4, 0.5) is 11.6 Å². The number of anilines is 2. The third-order valence-electron chi connectivity index (χ3n) is 2.84. The Balaban J connectivity index is 1.90. The summed E-state index contributed by atoms with van der Waals surface area (Å²) in [4.78, 5) is 21.4. The fourth-order valence-electron chi connectivity index (χ4n) is 2.01. The lowest BCUT2D eigenvalue weighted by Gasteiger charge is -2.32. The number of hydrogen-bond donors (Lipinski definition) is 2. The van der Waals surface area contributed by atoms with E-state index in [4.69, 9.17) is 5.73 Å². The lowest BCUT2D eigenvalue weighted by atomic mass is 10.1. The Morgan fingerprint density at radius 3 is 2.53 bits per heavy atom. The van der Waals surface area contributed by atoms with Crippen molar-refractivity contribution >= 4 is 17.5 Å². The van der Waals surface area contributed by atoms with E-state index in [2.05, 4.69) is 20.2 Å². The number of aromatic nitrogens is 2. The number of nitrogens with zero attached hydrogens (tertiary/aromatic N) is 3. The summed E-state index contributed by atoms with van der Waals surface area (Å²) in [5.41, 5.74) is 6.11. The SMILES string of the molecule is CC(=O)NC1CCN(c2ncc(N)cn2)CC1. The van der Waals surface area contributed by atoms with Crippen LogP contribution in [0.2, 0.25) is 0 Å². The zero-order valence-electron chi connectivity index (χ0n) is 9.89. The van der Waals surface area contributed by atoms with Gasteiger partial charge in [-0.15, -0.1) is 0 Å². The molecule has 0 aromatic carbocycles. The molecule has 1 fully saturated rings. The standard InChI is InChI=1S/C11H17N5O/c1-8(17)15-10-2-4-16(5-3-10)11-13-6-9(12)7-14-11/h6-7,10H,2-5,12H2,1H3,(H,15,17). The van der Waals surface area contributed by atoms with Gasteiger partial charge in [-0.2, -0.15) is 0 Å². The minimum Gasteiger partial charge on any atom is -0.396 e. The van der Waals surface area contributed by atoms with Gasteiger partial charge in [0.15, 0.2) is 0 Å². The number of piperidine rings is 1. The van der Waals surface area contributed by atoms with Crippen molar-refractivity contribution in [3.8, 4) is 0 Å². The lowest BCUT2D eigenvalue weighted by molar-refractivity contribution is -0.119. The molecule has 0 aliphatic carbocycles. The Kier molecular flexibility index (Phi) is 3.41. The molecule has 6 heteroatoms. The number of carbonyl (C=O) groups is 1. The van der Waals surface area contributed by atoms with Crippen LogP contribution in [-0.2, 0) is 4.79 Å². The quantitative estimate of drug-likeness (QED) is 0.763. The van der Waals surface area contributed by atoms with Crippen LogP contribution in [0.5, 0.6) is 0 Å². The maximum absolute atomic E-state index is 10.9. The van der Waals surface area contributed by atoms with Crippen molar-refractivity contribution in [3.05, 3.63) is 12.4 Å². The second-order valence-corrected chi connectivity index (χ2v) is 4.28. The average molecular weight is 235 g/mol. The molecule has 1 saturated heterocycles. The smallest absolute Gasteiger partial charge is 0.225 e. The summed E-state index contributed by atoms with van der Waals surface area (Å²) >= 11 is 0. The van der Waals surface area contributed by atoms with E-state index < -0.39 is 0 Å². The van der Waals surface area contributed by atoms with Gasteiger partial charge in [0.05, 0.1) is 18.1 Å². The highest BCUT2D eigenvalue weighted by Crippen LogP contribution is 2.16. The average Bonchev–Trinajstić information content (AvgIpc) is 2.30. The van der Waals surface area contributed by atoms with E-state index in [0.29, 0.717) is 11.6 Å². The Labute approximate surface area is 100 Å². The molecule has 1 aliphatic rings. The molecule has 0 radical (unpaired) electrons. The predicted octanol–water partition coefficient (Wildman–Crippen LogP) is 0.164. The van der Waals surface area contributed by atoms with Gasteiger partial charge in [0, 0.05) is 26.1 Å². The first-order valence-electron chi connectivity index (χ1n) is 5.74. The first-order chi connectivity index (χ1) is 8.15. The van der Waals surface area contributed by atoms with Gasteiger partial charge in [0.25, 0.3) is 0 Å². The second kappa shape index (κ2) is 4.99. The van der Waals surface area contributed by atoms with E-state index in [-0.39, 0.29) is 11.9 Å². The van der Waals surface area contributed by atoms with Crippen LogP contribution < -0.4 is 16.0 Å². The summed E-state index contributed by atoms with van der Waals surface area (Å²) in [6.07, 6.45) is 5.07. The highest BCUT2D eigenvalue weighted by Gasteiger charge is 2.21. The summed E-state index contributed by atoms with van der Waals surface area (Å²) in [5.74, 6) is 0.743. The number of carbonyl (C=O) groups excluding carboxylic acids is 1. The highest BCUT2D eigenvalue weighted by atomic mass is 16.1. The monoisotopic (exact) mass is 235 g/mol. The van der Waals surface area contributed by atoms with Crippen molar-refractivity contribution in [3.63, 3.8) is 0 Å². The van der Waals surface area contributed by atoms with E-state index in [1.54, 1.807) is 19.3 Å². The highest BCUT2D eigenvalue weighted by molar-refractivity contribution is 5.73. The maximum Gasteiger partial charge on any atom is 0.225 e. The Morgan fingerprint density at radius 1 is 1.41 bits per heavy atom. The minimum absolute atomic E-state index is 0.0344. The molecule has 3 N–H and O–H groups in total. The molecule has 92 valence electrons. The molecule has 0 unspecified atom stereocenters. The largest absolute Gasteiger partial charge is 0.396 e. The van der Waals surface area contributed by atoms with Crippen molar-refractivity contribution in [1.82, 2.24) is 15.3 Å². The molecule has 0 atom stereocenters. The summed E-state index contributed by atoms with van der Waals surface area (Å²) in [6.45, 7) is 3.26. The fraction of sp³-hybridized carbons (Fsp3) is 0.545. The zero-order chi connectivity index (χ0) is 12.3. The van der Waals surface area contributed by atoms with Gasteiger partial charge in [-0.25, -0.2) is 9.97 Å². The number of hydrogen-bond acceptors (Lipinski definition) is 5. The van der Waals surface area contributed by atoms with E-state index >= 15 is 0 Å². The number of nitrogens with two attached hydrogens (primary N) is 1. The van der Waals surface area contributed by atoms with Crippen molar-refractivity contribution in [2.24, 2.45) is 0 Å². The molecule has 1 aromatic heterocycles. The van der Waals surface area contributed by atoms with E-state index in [9.17, 15) is 4.79 Å². The number of rotatable bonds is 2. The van der Waals surface area contributed by atoms with Gasteiger partial charge >= 0.3 is 0 Å². The second-order valence-electron chi connectivity index (χ2n) is 4.28. The van der Waals surface area contributed by atoms with Gasteiger partial charge in [-0.1, -0.05) is 0 Å². The van der Waals surface area contributed by atoms with Crippen molar-refractivity contribution < 1.29 is 4.79 Å². The molecule has 2 rings (SSSR count). The fourth-order valence-corrected chi connectivity index (χ4v) is 2.01. The lowest BCUT2D eigenvalue weighted by Crippen LogP contribution is -2.44. The van der Waals surface area contributed by atoms with Crippen LogP contribution in [-0.4, -0.2) is 35.0 Å². The molecule has 1 aromatic rings. The maximum atomic E-state index is 10.9. The molecular formula is C11H17N5O. The molecular weight excluding hydrogens is 218 g/mol. The molecule has 2 heterocycles. The predicted molar refractivity (Wildman–Crippen MR) is 65.5 cm³/mol. The van der Waals surface area contributed by atoms with Gasteiger partial charge < -0.3 is 16.0 Å². The van der Waals surface area contributed by atoms with Crippen LogP contribution in [0.1, 0.15) is 19.8 Å². The molecule has 6 nitrogen and oxygen atoms in total. The van der Waals surface area contributed by atoms with Crippen molar-refractivity contribution in [2.75, 3.05) is 23.7 Å². The van der Waals surface area contributed by atoms with E-state index in [1.807, 2.05) is 0 Å². The molecule has 17 heavy (non-hydrogen) atoms. The van der Waals surface area contributed by atoms with Crippen LogP contribution in [0.3, 0.4) is 0 Å².